The number of aliphatic hydroxyl groups is 1. The first-order valence-electron chi connectivity index (χ1n) is 5.68. The smallest absolute Gasteiger partial charge is 0.337 e. The molecule has 3 N–H and O–H groups in total. The summed E-state index contributed by atoms with van der Waals surface area (Å²) in [5, 5.41) is 20.8. The molecular formula is C12H18N2O4. The molecule has 0 saturated carbocycles. The predicted molar refractivity (Wildman–Crippen MR) is 65.4 cm³/mol. The third-order valence-corrected chi connectivity index (χ3v) is 2.49. The van der Waals surface area contributed by atoms with Crippen molar-refractivity contribution >= 4 is 5.97 Å². The number of nitrogens with one attached hydrogen (secondary N) is 1. The van der Waals surface area contributed by atoms with Crippen molar-refractivity contribution in [1.29, 1.82) is 0 Å². The highest BCUT2D eigenvalue weighted by atomic mass is 16.5. The highest BCUT2D eigenvalue weighted by molar-refractivity contribution is 5.87. The molecule has 0 aromatic carbocycles. The number of aromatic carboxylic acids is 1. The Labute approximate surface area is 106 Å². The van der Waals surface area contributed by atoms with Gasteiger partial charge < -0.3 is 20.3 Å². The van der Waals surface area contributed by atoms with E-state index in [-0.39, 0.29) is 18.2 Å². The van der Waals surface area contributed by atoms with Crippen LogP contribution in [0.15, 0.2) is 18.3 Å². The monoisotopic (exact) mass is 254 g/mol. The standard InChI is InChI=1S/C12H18N2O4/c1-18-8-11(4-5-15)14-7-10-3-2-9(6-13-10)12(16)17/h2-3,6,11,14-15H,4-5,7-8H2,1H3,(H,16,17). The summed E-state index contributed by atoms with van der Waals surface area (Å²) in [7, 11) is 1.60. The van der Waals surface area contributed by atoms with Gasteiger partial charge in [-0.3, -0.25) is 4.98 Å². The molecule has 0 fully saturated rings. The first kappa shape index (κ1) is 14.6. The van der Waals surface area contributed by atoms with Crippen LogP contribution in [0.5, 0.6) is 0 Å². The number of pyridine rings is 1. The zero-order valence-electron chi connectivity index (χ0n) is 10.3. The summed E-state index contributed by atoms with van der Waals surface area (Å²) in [5.41, 5.74) is 0.918. The van der Waals surface area contributed by atoms with E-state index in [0.29, 0.717) is 19.6 Å². The molecule has 6 nitrogen and oxygen atoms in total. The molecule has 1 rings (SSSR count). The van der Waals surface area contributed by atoms with E-state index in [9.17, 15) is 4.79 Å². The molecule has 18 heavy (non-hydrogen) atoms. The van der Waals surface area contributed by atoms with Gasteiger partial charge in [-0.1, -0.05) is 0 Å². The molecule has 100 valence electrons. The van der Waals surface area contributed by atoms with Gasteiger partial charge in [0.1, 0.15) is 0 Å². The lowest BCUT2D eigenvalue weighted by molar-refractivity contribution is 0.0696. The van der Waals surface area contributed by atoms with Crippen LogP contribution in [0.1, 0.15) is 22.5 Å². The number of methoxy groups -OCH3 is 1. The molecule has 0 aliphatic heterocycles. The fourth-order valence-electron chi connectivity index (χ4n) is 1.51. The fourth-order valence-corrected chi connectivity index (χ4v) is 1.51. The van der Waals surface area contributed by atoms with Crippen molar-refractivity contribution in [2.45, 2.75) is 19.0 Å². The molecule has 0 bridgehead atoms. The second-order valence-corrected chi connectivity index (χ2v) is 3.89. The number of carboxylic acids is 1. The maximum absolute atomic E-state index is 10.6. The zero-order valence-corrected chi connectivity index (χ0v) is 10.3. The highest BCUT2D eigenvalue weighted by Crippen LogP contribution is 2.01. The Morgan fingerprint density at radius 3 is 2.83 bits per heavy atom. The Morgan fingerprint density at radius 1 is 1.56 bits per heavy atom. The Balaban J connectivity index is 2.48. The lowest BCUT2D eigenvalue weighted by atomic mass is 10.2. The summed E-state index contributed by atoms with van der Waals surface area (Å²) in [4.78, 5) is 14.7. The van der Waals surface area contributed by atoms with Gasteiger partial charge in [-0.2, -0.15) is 0 Å². The summed E-state index contributed by atoms with van der Waals surface area (Å²) in [6, 6.07) is 3.24. The molecule has 6 heteroatoms. The van der Waals surface area contributed by atoms with Crippen LogP contribution in [0.3, 0.4) is 0 Å². The van der Waals surface area contributed by atoms with Crippen LogP contribution in [-0.2, 0) is 11.3 Å². The average molecular weight is 254 g/mol. The molecule has 0 spiro atoms. The van der Waals surface area contributed by atoms with Crippen LogP contribution in [-0.4, -0.2) is 47.5 Å². The molecule has 0 aliphatic carbocycles. The molecule has 0 aliphatic rings. The van der Waals surface area contributed by atoms with Gasteiger partial charge in [-0.25, -0.2) is 4.79 Å². The van der Waals surface area contributed by atoms with Gasteiger partial charge in [0.05, 0.1) is 17.9 Å². The van der Waals surface area contributed by atoms with Gasteiger partial charge in [0, 0.05) is 32.5 Å². The van der Waals surface area contributed by atoms with Crippen molar-refractivity contribution in [3.8, 4) is 0 Å². The van der Waals surface area contributed by atoms with Gasteiger partial charge in [-0.15, -0.1) is 0 Å². The molecule has 1 aromatic heterocycles. The second-order valence-electron chi connectivity index (χ2n) is 3.89. The number of carbonyl (C=O) groups is 1. The number of hydrogen-bond acceptors (Lipinski definition) is 5. The summed E-state index contributed by atoms with van der Waals surface area (Å²) in [5.74, 6) is -0.987. The maximum Gasteiger partial charge on any atom is 0.337 e. The minimum atomic E-state index is -0.987. The van der Waals surface area contributed by atoms with Gasteiger partial charge in [-0.05, 0) is 18.6 Å². The van der Waals surface area contributed by atoms with Crippen LogP contribution >= 0.6 is 0 Å². The van der Waals surface area contributed by atoms with E-state index in [1.54, 1.807) is 13.2 Å². The van der Waals surface area contributed by atoms with Crippen LogP contribution in [0.25, 0.3) is 0 Å². The van der Waals surface area contributed by atoms with Gasteiger partial charge >= 0.3 is 5.97 Å². The highest BCUT2D eigenvalue weighted by Gasteiger charge is 2.08. The predicted octanol–water partition coefficient (Wildman–Crippen LogP) is 0.267. The SMILES string of the molecule is COCC(CCO)NCc1ccc(C(=O)O)cn1. The first-order valence-corrected chi connectivity index (χ1v) is 5.68. The van der Waals surface area contributed by atoms with Crippen molar-refractivity contribution in [3.63, 3.8) is 0 Å². The van der Waals surface area contributed by atoms with E-state index in [0.717, 1.165) is 5.69 Å². The van der Waals surface area contributed by atoms with Crippen LogP contribution in [0.2, 0.25) is 0 Å². The lowest BCUT2D eigenvalue weighted by Gasteiger charge is -2.16. The number of carboxylic acid groups (broad SMARTS) is 1. The minimum Gasteiger partial charge on any atom is -0.478 e. The molecule has 0 amide bonds. The fraction of sp³-hybridized carbons (Fsp3) is 0.500. The molecule has 1 unspecified atom stereocenters. The van der Waals surface area contributed by atoms with Crippen molar-refractivity contribution in [1.82, 2.24) is 10.3 Å². The Kier molecular flexibility index (Phi) is 6.27. The quantitative estimate of drug-likeness (QED) is 0.616. The van der Waals surface area contributed by atoms with Crippen LogP contribution in [0, 0.1) is 0 Å². The molecular weight excluding hydrogens is 236 g/mol. The van der Waals surface area contributed by atoms with E-state index in [2.05, 4.69) is 10.3 Å². The molecule has 0 saturated heterocycles. The zero-order chi connectivity index (χ0) is 13.4. The van der Waals surface area contributed by atoms with E-state index in [4.69, 9.17) is 14.9 Å². The lowest BCUT2D eigenvalue weighted by Crippen LogP contribution is -2.33. The van der Waals surface area contributed by atoms with Crippen LogP contribution in [0.4, 0.5) is 0 Å². The van der Waals surface area contributed by atoms with Crippen molar-refractivity contribution in [2.75, 3.05) is 20.3 Å². The Morgan fingerprint density at radius 2 is 2.33 bits per heavy atom. The van der Waals surface area contributed by atoms with Gasteiger partial charge in [0.15, 0.2) is 0 Å². The van der Waals surface area contributed by atoms with Crippen molar-refractivity contribution in [2.24, 2.45) is 0 Å². The largest absolute Gasteiger partial charge is 0.478 e. The number of aromatic nitrogens is 1. The molecule has 1 atom stereocenters. The Hall–Kier alpha value is -1.50. The third kappa shape index (κ3) is 4.79. The average Bonchev–Trinajstić information content (AvgIpc) is 2.37. The van der Waals surface area contributed by atoms with Crippen LogP contribution < -0.4 is 5.32 Å². The summed E-state index contributed by atoms with van der Waals surface area (Å²) in [6.45, 7) is 1.11. The number of nitrogens with zero attached hydrogens (tertiary/aromatic N) is 1. The van der Waals surface area contributed by atoms with Gasteiger partial charge in [0.2, 0.25) is 0 Å². The minimum absolute atomic E-state index is 0.0564. The number of rotatable bonds is 8. The Bertz CT molecular complexity index is 361. The number of aliphatic hydroxyl groups excluding tert-OH is 1. The van der Waals surface area contributed by atoms with E-state index in [1.807, 2.05) is 0 Å². The molecule has 1 heterocycles. The first-order chi connectivity index (χ1) is 8.67. The molecule has 0 radical (unpaired) electrons. The summed E-state index contributed by atoms with van der Waals surface area (Å²) < 4.78 is 5.02. The summed E-state index contributed by atoms with van der Waals surface area (Å²) in [6.07, 6.45) is 1.93. The van der Waals surface area contributed by atoms with E-state index in [1.165, 1.54) is 12.3 Å². The van der Waals surface area contributed by atoms with E-state index < -0.39 is 5.97 Å². The van der Waals surface area contributed by atoms with Crippen molar-refractivity contribution in [3.05, 3.63) is 29.6 Å². The number of ether oxygens (including phenoxy) is 1. The topological polar surface area (TPSA) is 91.7 Å². The van der Waals surface area contributed by atoms with Gasteiger partial charge in [0.25, 0.3) is 0 Å². The molecule has 1 aromatic rings. The summed E-state index contributed by atoms with van der Waals surface area (Å²) >= 11 is 0. The second kappa shape index (κ2) is 7.75. The van der Waals surface area contributed by atoms with Crippen molar-refractivity contribution < 1.29 is 19.7 Å². The maximum atomic E-state index is 10.6. The third-order valence-electron chi connectivity index (χ3n) is 2.49. The normalized spacial score (nSPS) is 12.3. The van der Waals surface area contributed by atoms with E-state index >= 15 is 0 Å². The number of hydrogen-bond donors (Lipinski definition) is 3.